The Balaban J connectivity index is 0. The normalized spacial score (nSPS) is 9.85. The predicted octanol–water partition coefficient (Wildman–Crippen LogP) is 0.288. The van der Waals surface area contributed by atoms with Crippen LogP contribution in [0.1, 0.15) is 13.8 Å². The van der Waals surface area contributed by atoms with E-state index < -0.39 is 18.0 Å². The summed E-state index contributed by atoms with van der Waals surface area (Å²) in [4.78, 5) is 22.3. The molecule has 0 radical (unpaired) electrons. The molecule has 0 bridgehead atoms. The molecule has 0 aliphatic carbocycles. The lowest BCUT2D eigenvalue weighted by molar-refractivity contribution is -0.156. The zero-order valence-corrected chi connectivity index (χ0v) is 8.37. The van der Waals surface area contributed by atoms with Crippen LogP contribution in [-0.4, -0.2) is 46.2 Å². The van der Waals surface area contributed by atoms with Gasteiger partial charge in [-0.3, -0.25) is 4.90 Å². The SMILES string of the molecule is CCN(CC)C(C(=O)O)C(=O)O.Cl. The molecule has 78 valence electrons. The van der Waals surface area contributed by atoms with Crippen molar-refractivity contribution >= 4 is 24.3 Å². The maximum absolute atomic E-state index is 10.5. The van der Waals surface area contributed by atoms with Crippen molar-refractivity contribution in [3.63, 3.8) is 0 Å². The van der Waals surface area contributed by atoms with E-state index in [1.54, 1.807) is 13.8 Å². The van der Waals surface area contributed by atoms with Crippen LogP contribution in [0.5, 0.6) is 0 Å². The highest BCUT2D eigenvalue weighted by Gasteiger charge is 2.30. The number of carbonyl (C=O) groups is 2. The lowest BCUT2D eigenvalue weighted by Gasteiger charge is -2.22. The first-order valence-electron chi connectivity index (χ1n) is 3.74. The average molecular weight is 212 g/mol. The summed E-state index contributed by atoms with van der Waals surface area (Å²) in [6.07, 6.45) is 0. The molecule has 0 aromatic rings. The predicted molar refractivity (Wildman–Crippen MR) is 49.2 cm³/mol. The smallest absolute Gasteiger partial charge is 0.332 e. The minimum atomic E-state index is -1.42. The Bertz CT molecular complexity index is 167. The summed E-state index contributed by atoms with van der Waals surface area (Å²) in [7, 11) is 0. The standard InChI is InChI=1S/C7H13NO4.ClH/c1-3-8(4-2)5(6(9)10)7(11)12;/h5H,3-4H2,1-2H3,(H,9,10)(H,11,12);1H. The molecule has 0 atom stereocenters. The van der Waals surface area contributed by atoms with Crippen molar-refractivity contribution in [2.45, 2.75) is 19.9 Å². The van der Waals surface area contributed by atoms with E-state index in [-0.39, 0.29) is 12.4 Å². The van der Waals surface area contributed by atoms with Gasteiger partial charge in [-0.15, -0.1) is 12.4 Å². The van der Waals surface area contributed by atoms with E-state index in [1.807, 2.05) is 0 Å². The minimum absolute atomic E-state index is 0. The van der Waals surface area contributed by atoms with E-state index in [9.17, 15) is 9.59 Å². The molecule has 0 saturated heterocycles. The van der Waals surface area contributed by atoms with Crippen LogP contribution in [0.15, 0.2) is 0 Å². The first-order valence-corrected chi connectivity index (χ1v) is 3.74. The summed E-state index contributed by atoms with van der Waals surface area (Å²) >= 11 is 0. The van der Waals surface area contributed by atoms with Crippen LogP contribution in [0.25, 0.3) is 0 Å². The molecular weight excluding hydrogens is 198 g/mol. The number of hydrogen-bond donors (Lipinski definition) is 2. The van der Waals surface area contributed by atoms with Crippen molar-refractivity contribution in [2.75, 3.05) is 13.1 Å². The minimum Gasteiger partial charge on any atom is -0.480 e. The Morgan fingerprint density at radius 1 is 1.15 bits per heavy atom. The summed E-state index contributed by atoms with van der Waals surface area (Å²) < 4.78 is 0. The molecule has 0 rings (SSSR count). The summed E-state index contributed by atoms with van der Waals surface area (Å²) in [5.41, 5.74) is 0. The van der Waals surface area contributed by atoms with Gasteiger partial charge in [0.25, 0.3) is 0 Å². The van der Waals surface area contributed by atoms with Crippen molar-refractivity contribution in [3.05, 3.63) is 0 Å². The summed E-state index contributed by atoms with van der Waals surface area (Å²) in [5, 5.41) is 17.1. The number of halogens is 1. The molecule has 0 amide bonds. The molecule has 6 heteroatoms. The number of hydrogen-bond acceptors (Lipinski definition) is 3. The van der Waals surface area contributed by atoms with Gasteiger partial charge in [-0.05, 0) is 13.1 Å². The third-order valence-corrected chi connectivity index (χ3v) is 1.65. The second-order valence-corrected chi connectivity index (χ2v) is 2.30. The van der Waals surface area contributed by atoms with E-state index in [4.69, 9.17) is 10.2 Å². The number of nitrogens with zero attached hydrogens (tertiary/aromatic N) is 1. The highest BCUT2D eigenvalue weighted by Crippen LogP contribution is 1.99. The van der Waals surface area contributed by atoms with Gasteiger partial charge in [-0.25, -0.2) is 9.59 Å². The van der Waals surface area contributed by atoms with Crippen molar-refractivity contribution < 1.29 is 19.8 Å². The lowest BCUT2D eigenvalue weighted by Crippen LogP contribution is -2.46. The van der Waals surface area contributed by atoms with Gasteiger partial charge in [0, 0.05) is 0 Å². The molecule has 13 heavy (non-hydrogen) atoms. The van der Waals surface area contributed by atoms with Crippen LogP contribution in [0.2, 0.25) is 0 Å². The molecule has 0 aromatic heterocycles. The van der Waals surface area contributed by atoms with E-state index in [0.29, 0.717) is 13.1 Å². The van der Waals surface area contributed by atoms with Crippen molar-refractivity contribution in [2.24, 2.45) is 0 Å². The number of carboxylic acids is 2. The highest BCUT2D eigenvalue weighted by molar-refractivity contribution is 5.97. The van der Waals surface area contributed by atoms with Crippen LogP contribution >= 0.6 is 12.4 Å². The Hall–Kier alpha value is -0.810. The third-order valence-electron chi connectivity index (χ3n) is 1.65. The van der Waals surface area contributed by atoms with Gasteiger partial charge in [0.05, 0.1) is 0 Å². The number of likely N-dealkylation sites (N-methyl/N-ethyl adjacent to an activating group) is 1. The van der Waals surface area contributed by atoms with Gasteiger partial charge in [-0.1, -0.05) is 13.8 Å². The van der Waals surface area contributed by atoms with Crippen LogP contribution in [0.4, 0.5) is 0 Å². The molecule has 0 heterocycles. The highest BCUT2D eigenvalue weighted by atomic mass is 35.5. The topological polar surface area (TPSA) is 77.8 Å². The van der Waals surface area contributed by atoms with Crippen LogP contribution in [-0.2, 0) is 9.59 Å². The van der Waals surface area contributed by atoms with Gasteiger partial charge in [-0.2, -0.15) is 0 Å². The van der Waals surface area contributed by atoms with E-state index in [2.05, 4.69) is 0 Å². The zero-order chi connectivity index (χ0) is 9.72. The zero-order valence-electron chi connectivity index (χ0n) is 7.56. The Labute approximate surface area is 82.8 Å². The van der Waals surface area contributed by atoms with Crippen molar-refractivity contribution in [1.29, 1.82) is 0 Å². The van der Waals surface area contributed by atoms with Crippen LogP contribution in [0.3, 0.4) is 0 Å². The third kappa shape index (κ3) is 4.10. The second-order valence-electron chi connectivity index (χ2n) is 2.30. The molecule has 2 N–H and O–H groups in total. The van der Waals surface area contributed by atoms with E-state index in [0.717, 1.165) is 0 Å². The Kier molecular flexibility index (Phi) is 7.55. The fraction of sp³-hybridized carbons (Fsp3) is 0.714. The molecule has 0 fully saturated rings. The summed E-state index contributed by atoms with van der Waals surface area (Å²) in [6.45, 7) is 4.28. The van der Waals surface area contributed by atoms with Gasteiger partial charge in [0.15, 0.2) is 0 Å². The molecule has 0 aromatic carbocycles. The molecule has 0 saturated carbocycles. The van der Waals surface area contributed by atoms with E-state index >= 15 is 0 Å². The maximum Gasteiger partial charge on any atom is 0.332 e. The molecule has 0 aliphatic heterocycles. The number of aliphatic carboxylic acids is 2. The van der Waals surface area contributed by atoms with Gasteiger partial charge in [0.2, 0.25) is 6.04 Å². The summed E-state index contributed by atoms with van der Waals surface area (Å²) in [5.74, 6) is -2.63. The van der Waals surface area contributed by atoms with Crippen LogP contribution < -0.4 is 0 Å². The van der Waals surface area contributed by atoms with E-state index in [1.165, 1.54) is 4.90 Å². The van der Waals surface area contributed by atoms with Crippen molar-refractivity contribution in [1.82, 2.24) is 4.90 Å². The second kappa shape index (κ2) is 6.68. The quantitative estimate of drug-likeness (QED) is 0.639. The maximum atomic E-state index is 10.5. The number of carboxylic acid groups (broad SMARTS) is 2. The Morgan fingerprint density at radius 2 is 1.46 bits per heavy atom. The van der Waals surface area contributed by atoms with Gasteiger partial charge < -0.3 is 10.2 Å². The monoisotopic (exact) mass is 211 g/mol. The molecule has 5 nitrogen and oxygen atoms in total. The van der Waals surface area contributed by atoms with Gasteiger partial charge in [0.1, 0.15) is 0 Å². The molecule has 0 spiro atoms. The van der Waals surface area contributed by atoms with Gasteiger partial charge >= 0.3 is 11.9 Å². The Morgan fingerprint density at radius 3 is 1.54 bits per heavy atom. The molecule has 0 aliphatic rings. The summed E-state index contributed by atoms with van der Waals surface area (Å²) in [6, 6.07) is -1.42. The van der Waals surface area contributed by atoms with Crippen molar-refractivity contribution in [3.8, 4) is 0 Å². The number of rotatable bonds is 5. The molecule has 0 unspecified atom stereocenters. The molecular formula is C7H14ClNO4. The first-order chi connectivity index (χ1) is 5.54. The largest absolute Gasteiger partial charge is 0.480 e. The first kappa shape index (κ1) is 14.7. The fourth-order valence-corrected chi connectivity index (χ4v) is 1.01. The fourth-order valence-electron chi connectivity index (χ4n) is 1.01. The average Bonchev–Trinajstić information content (AvgIpc) is 1.98. The van der Waals surface area contributed by atoms with Crippen LogP contribution in [0, 0.1) is 0 Å². The lowest BCUT2D eigenvalue weighted by atomic mass is 10.2.